The monoisotopic (exact) mass is 229 g/mol. The number of carbonyl (C=O) groups excluding carboxylic acids is 1. The second-order valence-electron chi connectivity index (χ2n) is 4.58. The van der Waals surface area contributed by atoms with E-state index in [1.54, 1.807) is 0 Å². The Hall–Kier alpha value is -1.10. The van der Waals surface area contributed by atoms with Crippen molar-refractivity contribution in [2.75, 3.05) is 13.2 Å². The lowest BCUT2D eigenvalue weighted by Gasteiger charge is -2.13. The molecule has 0 spiro atoms. The Balaban J connectivity index is 2.31. The minimum absolute atomic E-state index is 0.0422. The summed E-state index contributed by atoms with van der Waals surface area (Å²) in [6.07, 6.45) is 1.67. The van der Waals surface area contributed by atoms with Crippen molar-refractivity contribution in [3.8, 4) is 0 Å². The number of carbonyl (C=O) groups is 2. The van der Waals surface area contributed by atoms with E-state index in [0.29, 0.717) is 25.8 Å². The zero-order valence-corrected chi connectivity index (χ0v) is 9.48. The first-order valence-corrected chi connectivity index (χ1v) is 5.66. The van der Waals surface area contributed by atoms with E-state index in [0.717, 1.165) is 0 Å². The molecule has 0 saturated heterocycles. The van der Waals surface area contributed by atoms with Crippen molar-refractivity contribution >= 4 is 11.9 Å². The number of aliphatic hydroxyl groups is 1. The predicted molar refractivity (Wildman–Crippen MR) is 57.7 cm³/mol. The van der Waals surface area contributed by atoms with Gasteiger partial charge in [0.25, 0.3) is 0 Å². The van der Waals surface area contributed by atoms with Crippen LogP contribution in [0.4, 0.5) is 0 Å². The van der Waals surface area contributed by atoms with Crippen LogP contribution in [0.3, 0.4) is 0 Å². The summed E-state index contributed by atoms with van der Waals surface area (Å²) in [5.74, 6) is -1.39. The number of hydrogen-bond donors (Lipinski definition) is 3. The molecule has 0 radical (unpaired) electrons. The minimum Gasteiger partial charge on any atom is -0.481 e. The van der Waals surface area contributed by atoms with Crippen LogP contribution in [0.1, 0.15) is 26.2 Å². The first-order valence-electron chi connectivity index (χ1n) is 5.66. The van der Waals surface area contributed by atoms with Crippen LogP contribution in [0, 0.1) is 17.8 Å². The summed E-state index contributed by atoms with van der Waals surface area (Å²) in [5.41, 5.74) is 0. The highest BCUT2D eigenvalue weighted by molar-refractivity contribution is 5.80. The molecule has 1 saturated carbocycles. The van der Waals surface area contributed by atoms with E-state index >= 15 is 0 Å². The molecule has 5 nitrogen and oxygen atoms in total. The molecule has 0 aromatic carbocycles. The van der Waals surface area contributed by atoms with Crippen LogP contribution in [0.2, 0.25) is 0 Å². The maximum Gasteiger partial charge on any atom is 0.306 e. The van der Waals surface area contributed by atoms with Crippen LogP contribution in [0.25, 0.3) is 0 Å². The highest BCUT2D eigenvalue weighted by atomic mass is 16.4. The zero-order chi connectivity index (χ0) is 12.1. The zero-order valence-electron chi connectivity index (χ0n) is 9.48. The first-order chi connectivity index (χ1) is 7.54. The van der Waals surface area contributed by atoms with Gasteiger partial charge in [-0.05, 0) is 25.2 Å². The van der Waals surface area contributed by atoms with Gasteiger partial charge in [-0.3, -0.25) is 9.59 Å². The van der Waals surface area contributed by atoms with E-state index in [1.807, 2.05) is 6.92 Å². The fraction of sp³-hybridized carbons (Fsp3) is 0.818. The highest BCUT2D eigenvalue weighted by Crippen LogP contribution is 2.31. The largest absolute Gasteiger partial charge is 0.481 e. The van der Waals surface area contributed by atoms with Crippen LogP contribution in [-0.2, 0) is 9.59 Å². The van der Waals surface area contributed by atoms with E-state index in [1.165, 1.54) is 0 Å². The molecule has 16 heavy (non-hydrogen) atoms. The predicted octanol–water partition coefficient (Wildman–Crippen LogP) is 0.232. The summed E-state index contributed by atoms with van der Waals surface area (Å²) in [6, 6.07) is 0. The normalized spacial score (nSPS) is 26.4. The Kier molecular flexibility index (Phi) is 4.73. The Morgan fingerprint density at radius 2 is 2.00 bits per heavy atom. The number of aliphatic carboxylic acids is 1. The van der Waals surface area contributed by atoms with Gasteiger partial charge in [0.1, 0.15) is 0 Å². The number of nitrogens with one attached hydrogen (secondary N) is 1. The number of hydrogen-bond acceptors (Lipinski definition) is 3. The molecule has 92 valence electrons. The van der Waals surface area contributed by atoms with Gasteiger partial charge in [0, 0.05) is 19.1 Å². The summed E-state index contributed by atoms with van der Waals surface area (Å²) in [6.45, 7) is 2.33. The van der Waals surface area contributed by atoms with E-state index in [2.05, 4.69) is 5.32 Å². The molecule has 1 rings (SSSR count). The molecule has 0 heterocycles. The van der Waals surface area contributed by atoms with Gasteiger partial charge in [-0.15, -0.1) is 0 Å². The van der Waals surface area contributed by atoms with Crippen molar-refractivity contribution in [2.45, 2.75) is 26.2 Å². The maximum atomic E-state index is 11.6. The molecule has 5 heteroatoms. The molecule has 0 bridgehead atoms. The van der Waals surface area contributed by atoms with Gasteiger partial charge in [-0.1, -0.05) is 6.92 Å². The number of amides is 1. The van der Waals surface area contributed by atoms with Crippen LogP contribution < -0.4 is 5.32 Å². The lowest BCUT2D eigenvalue weighted by molar-refractivity contribution is -0.141. The van der Waals surface area contributed by atoms with Gasteiger partial charge in [0.05, 0.1) is 5.92 Å². The van der Waals surface area contributed by atoms with Gasteiger partial charge in [-0.2, -0.15) is 0 Å². The van der Waals surface area contributed by atoms with Crippen molar-refractivity contribution in [3.05, 3.63) is 0 Å². The van der Waals surface area contributed by atoms with Crippen LogP contribution in [-0.4, -0.2) is 35.2 Å². The van der Waals surface area contributed by atoms with E-state index in [4.69, 9.17) is 10.2 Å². The number of carboxylic acid groups (broad SMARTS) is 1. The third kappa shape index (κ3) is 3.48. The molecule has 0 aromatic rings. The average Bonchev–Trinajstić information content (AvgIpc) is 2.74. The van der Waals surface area contributed by atoms with Crippen molar-refractivity contribution < 1.29 is 19.8 Å². The third-order valence-electron chi connectivity index (χ3n) is 3.09. The van der Waals surface area contributed by atoms with Gasteiger partial charge < -0.3 is 15.5 Å². The summed E-state index contributed by atoms with van der Waals surface area (Å²) >= 11 is 0. The molecular formula is C11H19NO4. The van der Waals surface area contributed by atoms with Gasteiger partial charge >= 0.3 is 5.97 Å². The lowest BCUT2D eigenvalue weighted by atomic mass is 10.0. The van der Waals surface area contributed by atoms with Crippen molar-refractivity contribution in [1.29, 1.82) is 0 Å². The third-order valence-corrected chi connectivity index (χ3v) is 3.09. The standard InChI is InChI=1S/C11H19NO4/c1-7(6-13)5-12-10(14)8-2-3-9(4-8)11(15)16/h7-9,13H,2-6H2,1H3,(H,12,14)(H,15,16). The minimum atomic E-state index is -0.806. The molecule has 0 aliphatic heterocycles. The Morgan fingerprint density at radius 3 is 2.50 bits per heavy atom. The smallest absolute Gasteiger partial charge is 0.306 e. The van der Waals surface area contributed by atoms with E-state index in [-0.39, 0.29) is 30.3 Å². The Labute approximate surface area is 94.8 Å². The van der Waals surface area contributed by atoms with E-state index in [9.17, 15) is 9.59 Å². The van der Waals surface area contributed by atoms with Crippen LogP contribution >= 0.6 is 0 Å². The van der Waals surface area contributed by atoms with Gasteiger partial charge in [-0.25, -0.2) is 0 Å². The van der Waals surface area contributed by atoms with Crippen LogP contribution in [0.15, 0.2) is 0 Å². The molecular weight excluding hydrogens is 210 g/mol. The molecule has 1 aliphatic carbocycles. The SMILES string of the molecule is CC(CO)CNC(=O)C1CCC(C(=O)O)C1. The lowest BCUT2D eigenvalue weighted by Crippen LogP contribution is -2.34. The average molecular weight is 229 g/mol. The molecule has 3 N–H and O–H groups in total. The topological polar surface area (TPSA) is 86.6 Å². The number of rotatable bonds is 5. The van der Waals surface area contributed by atoms with Crippen molar-refractivity contribution in [1.82, 2.24) is 5.32 Å². The van der Waals surface area contributed by atoms with E-state index < -0.39 is 5.97 Å². The molecule has 1 aliphatic rings. The molecule has 3 unspecified atom stereocenters. The number of aliphatic hydroxyl groups excluding tert-OH is 1. The number of carboxylic acids is 1. The molecule has 0 aromatic heterocycles. The van der Waals surface area contributed by atoms with Gasteiger partial charge in [0.15, 0.2) is 0 Å². The fourth-order valence-corrected chi connectivity index (χ4v) is 1.93. The molecule has 1 amide bonds. The van der Waals surface area contributed by atoms with Crippen LogP contribution in [0.5, 0.6) is 0 Å². The maximum absolute atomic E-state index is 11.6. The van der Waals surface area contributed by atoms with Crippen molar-refractivity contribution in [3.63, 3.8) is 0 Å². The van der Waals surface area contributed by atoms with Crippen molar-refractivity contribution in [2.24, 2.45) is 17.8 Å². The Bertz CT molecular complexity index is 267. The summed E-state index contributed by atoms with van der Waals surface area (Å²) in [7, 11) is 0. The molecule has 3 atom stereocenters. The van der Waals surface area contributed by atoms with Gasteiger partial charge in [0.2, 0.25) is 5.91 Å². The summed E-state index contributed by atoms with van der Waals surface area (Å²) < 4.78 is 0. The summed E-state index contributed by atoms with van der Waals surface area (Å²) in [4.78, 5) is 22.4. The Morgan fingerprint density at radius 1 is 1.38 bits per heavy atom. The second-order valence-corrected chi connectivity index (χ2v) is 4.58. The first kappa shape index (κ1) is 13.0. The molecule has 1 fully saturated rings. The quantitative estimate of drug-likeness (QED) is 0.630. The summed E-state index contributed by atoms with van der Waals surface area (Å²) in [5, 5.41) is 20.3. The fourth-order valence-electron chi connectivity index (χ4n) is 1.93. The highest BCUT2D eigenvalue weighted by Gasteiger charge is 2.33. The second kappa shape index (κ2) is 5.84.